The number of ether oxygens (including phenoxy) is 3. The van der Waals surface area contributed by atoms with E-state index < -0.39 is 17.9 Å². The second-order valence-corrected chi connectivity index (χ2v) is 12.8. The summed E-state index contributed by atoms with van der Waals surface area (Å²) in [6.07, 6.45) is 2.13. The molecule has 7 aromatic carbocycles. The van der Waals surface area contributed by atoms with Gasteiger partial charge in [-0.1, -0.05) is 36.4 Å². The van der Waals surface area contributed by atoms with E-state index in [0.717, 1.165) is 33.4 Å². The second-order valence-electron chi connectivity index (χ2n) is 12.8. The number of hydrogen-bond acceptors (Lipinski definition) is 9. The minimum atomic E-state index is -0.553. The van der Waals surface area contributed by atoms with Crippen LogP contribution in [0.3, 0.4) is 0 Å². The molecule has 0 saturated carbocycles. The van der Waals surface area contributed by atoms with E-state index in [4.69, 9.17) is 14.2 Å². The van der Waals surface area contributed by atoms with Crippen LogP contribution >= 0.6 is 0 Å². The highest BCUT2D eigenvalue weighted by molar-refractivity contribution is 5.94. The Bertz CT molecular complexity index is 2290. The van der Waals surface area contributed by atoms with Gasteiger partial charge in [0.25, 0.3) is 0 Å². The zero-order chi connectivity index (χ0) is 39.7. The Morgan fingerprint density at radius 1 is 0.298 bits per heavy atom. The van der Waals surface area contributed by atoms with Crippen LogP contribution in [0.15, 0.2) is 164 Å². The lowest BCUT2D eigenvalue weighted by atomic mass is 9.92. The molecule has 7 aromatic rings. The first-order valence-corrected chi connectivity index (χ1v) is 17.6. The quantitative estimate of drug-likeness (QED) is 0.0681. The SMILES string of the molecule is O=Cc1ccc(OC(=O)c2ccc(-c3cc(-c4ccc(C(=O)Oc5ccc(C=O)cc5)cc4)cc(-c4ccc(C(=O)Oc5ccc(C=O)cc5)cc4)c3)cc2)cc1. The monoisotopic (exact) mass is 750 g/mol. The number of carbonyl (C=O) groups excluding carboxylic acids is 6. The zero-order valence-corrected chi connectivity index (χ0v) is 30.0. The van der Waals surface area contributed by atoms with Crippen LogP contribution in [-0.2, 0) is 0 Å². The van der Waals surface area contributed by atoms with E-state index in [9.17, 15) is 28.8 Å². The molecular weight excluding hydrogens is 721 g/mol. The van der Waals surface area contributed by atoms with Crippen molar-refractivity contribution in [1.82, 2.24) is 0 Å². The third kappa shape index (κ3) is 9.02. The van der Waals surface area contributed by atoms with Crippen molar-refractivity contribution in [2.45, 2.75) is 0 Å². The third-order valence-corrected chi connectivity index (χ3v) is 8.98. The van der Waals surface area contributed by atoms with Crippen LogP contribution in [0.1, 0.15) is 62.1 Å². The first kappa shape index (κ1) is 37.3. The molecular formula is C48H30O9. The van der Waals surface area contributed by atoms with Crippen LogP contribution in [0.25, 0.3) is 33.4 Å². The second kappa shape index (κ2) is 17.0. The highest BCUT2D eigenvalue weighted by Gasteiger charge is 2.15. The van der Waals surface area contributed by atoms with Gasteiger partial charge in [-0.05, 0) is 161 Å². The fraction of sp³-hybridized carbons (Fsp3) is 0. The average Bonchev–Trinajstić information content (AvgIpc) is 3.27. The van der Waals surface area contributed by atoms with E-state index in [1.165, 1.54) is 0 Å². The van der Waals surface area contributed by atoms with Gasteiger partial charge in [-0.25, -0.2) is 14.4 Å². The van der Waals surface area contributed by atoms with Gasteiger partial charge < -0.3 is 14.2 Å². The molecule has 0 unspecified atom stereocenters. The van der Waals surface area contributed by atoms with Gasteiger partial charge in [-0.3, -0.25) is 14.4 Å². The summed E-state index contributed by atoms with van der Waals surface area (Å²) in [5.74, 6) is -0.722. The molecule has 0 spiro atoms. The number of rotatable bonds is 12. The molecule has 7 rings (SSSR count). The van der Waals surface area contributed by atoms with Crippen LogP contribution in [0.2, 0.25) is 0 Å². The Morgan fingerprint density at radius 3 is 0.737 bits per heavy atom. The number of esters is 3. The lowest BCUT2D eigenvalue weighted by Crippen LogP contribution is -2.08. The molecule has 0 aliphatic heterocycles. The molecule has 0 bridgehead atoms. The summed E-state index contributed by atoms with van der Waals surface area (Å²) in [6.45, 7) is 0. The maximum atomic E-state index is 12.9. The summed E-state index contributed by atoms with van der Waals surface area (Å²) in [5, 5.41) is 0. The van der Waals surface area contributed by atoms with Crippen LogP contribution in [0.4, 0.5) is 0 Å². The Kier molecular flexibility index (Phi) is 11.1. The molecule has 9 heteroatoms. The van der Waals surface area contributed by atoms with E-state index in [0.29, 0.717) is 69.5 Å². The maximum Gasteiger partial charge on any atom is 0.343 e. The highest BCUT2D eigenvalue weighted by atomic mass is 16.5. The number of carbonyl (C=O) groups is 6. The first-order chi connectivity index (χ1) is 27.8. The third-order valence-electron chi connectivity index (χ3n) is 8.98. The largest absolute Gasteiger partial charge is 0.423 e. The standard InChI is InChI=1S/C48H30O9/c49-28-31-1-19-43(20-2-31)55-46(52)37-13-7-34(8-14-37)40-25-41(35-9-15-38(16-10-35)47(53)56-44-21-3-32(29-50)4-22-44)27-42(26-40)36-11-17-39(18-12-36)48(54)57-45-23-5-33(30-51)6-24-45/h1-30H. The number of aldehydes is 3. The van der Waals surface area contributed by atoms with Gasteiger partial charge in [0.1, 0.15) is 36.1 Å². The van der Waals surface area contributed by atoms with Crippen molar-refractivity contribution >= 4 is 36.8 Å². The van der Waals surface area contributed by atoms with E-state index in [1.807, 2.05) is 54.6 Å². The molecule has 0 saturated heterocycles. The Labute approximate surface area is 326 Å². The smallest absolute Gasteiger partial charge is 0.343 e. The maximum absolute atomic E-state index is 12.9. The van der Waals surface area contributed by atoms with Crippen molar-refractivity contribution in [2.75, 3.05) is 0 Å². The molecule has 276 valence electrons. The fourth-order valence-corrected chi connectivity index (χ4v) is 5.87. The summed E-state index contributed by atoms with van der Waals surface area (Å²) in [4.78, 5) is 71.7. The molecule has 0 heterocycles. The molecule has 0 aliphatic carbocycles. The van der Waals surface area contributed by atoms with E-state index in [2.05, 4.69) is 0 Å². The van der Waals surface area contributed by atoms with Crippen molar-refractivity contribution in [3.63, 3.8) is 0 Å². The van der Waals surface area contributed by atoms with Crippen molar-refractivity contribution in [3.05, 3.63) is 197 Å². The lowest BCUT2D eigenvalue weighted by Gasteiger charge is -2.13. The van der Waals surface area contributed by atoms with Crippen molar-refractivity contribution in [1.29, 1.82) is 0 Å². The molecule has 0 fully saturated rings. The van der Waals surface area contributed by atoms with Crippen LogP contribution in [-0.4, -0.2) is 36.8 Å². The Morgan fingerprint density at radius 2 is 0.526 bits per heavy atom. The Balaban J connectivity index is 1.16. The molecule has 0 amide bonds. The molecule has 0 N–H and O–H groups in total. The number of hydrogen-bond donors (Lipinski definition) is 0. The van der Waals surface area contributed by atoms with Gasteiger partial charge in [-0.2, -0.15) is 0 Å². The fourth-order valence-electron chi connectivity index (χ4n) is 5.87. The molecule has 0 atom stereocenters. The highest BCUT2D eigenvalue weighted by Crippen LogP contribution is 2.34. The van der Waals surface area contributed by atoms with Crippen LogP contribution < -0.4 is 14.2 Å². The predicted molar refractivity (Wildman–Crippen MR) is 213 cm³/mol. The van der Waals surface area contributed by atoms with Crippen LogP contribution in [0, 0.1) is 0 Å². The van der Waals surface area contributed by atoms with Gasteiger partial charge >= 0.3 is 17.9 Å². The van der Waals surface area contributed by atoms with E-state index in [-0.39, 0.29) is 0 Å². The summed E-state index contributed by atoms with van der Waals surface area (Å²) in [5.41, 5.74) is 7.33. The summed E-state index contributed by atoms with van der Waals surface area (Å²) in [7, 11) is 0. The summed E-state index contributed by atoms with van der Waals surface area (Å²) >= 11 is 0. The number of benzene rings is 7. The van der Waals surface area contributed by atoms with Gasteiger partial charge in [0.05, 0.1) is 16.7 Å². The minimum absolute atomic E-state index is 0.312. The molecule has 0 radical (unpaired) electrons. The first-order valence-electron chi connectivity index (χ1n) is 17.6. The van der Waals surface area contributed by atoms with E-state index >= 15 is 0 Å². The zero-order valence-electron chi connectivity index (χ0n) is 30.0. The molecule has 57 heavy (non-hydrogen) atoms. The van der Waals surface area contributed by atoms with Gasteiger partial charge in [0, 0.05) is 16.7 Å². The van der Waals surface area contributed by atoms with Crippen molar-refractivity contribution < 1.29 is 43.0 Å². The van der Waals surface area contributed by atoms with Gasteiger partial charge in [0.2, 0.25) is 0 Å². The predicted octanol–water partition coefficient (Wildman–Crippen LogP) is 9.78. The molecule has 0 aromatic heterocycles. The van der Waals surface area contributed by atoms with E-state index in [1.54, 1.807) is 109 Å². The minimum Gasteiger partial charge on any atom is -0.423 e. The molecule has 0 aliphatic rings. The summed E-state index contributed by atoms with van der Waals surface area (Å²) in [6, 6.07) is 45.6. The van der Waals surface area contributed by atoms with Gasteiger partial charge in [0.15, 0.2) is 0 Å². The van der Waals surface area contributed by atoms with Crippen molar-refractivity contribution in [3.8, 4) is 50.6 Å². The van der Waals surface area contributed by atoms with Gasteiger partial charge in [-0.15, -0.1) is 0 Å². The van der Waals surface area contributed by atoms with Crippen molar-refractivity contribution in [2.24, 2.45) is 0 Å². The topological polar surface area (TPSA) is 130 Å². The molecule has 9 nitrogen and oxygen atoms in total. The summed E-state index contributed by atoms with van der Waals surface area (Å²) < 4.78 is 16.5. The Hall–Kier alpha value is -8.04. The lowest BCUT2D eigenvalue weighted by molar-refractivity contribution is 0.0725. The normalized spacial score (nSPS) is 10.5. The van der Waals surface area contributed by atoms with Crippen LogP contribution in [0.5, 0.6) is 17.2 Å². The average molecular weight is 751 g/mol.